The first-order valence-electron chi connectivity index (χ1n) is 9.45. The average Bonchev–Trinajstić information content (AvgIpc) is 3.19. The van der Waals surface area contributed by atoms with Crippen molar-refractivity contribution >= 4 is 11.6 Å². The predicted molar refractivity (Wildman–Crippen MR) is 103 cm³/mol. The van der Waals surface area contributed by atoms with Gasteiger partial charge in [-0.25, -0.2) is 4.98 Å². The molecule has 0 unspecified atom stereocenters. The number of hydrogen-bond donors (Lipinski definition) is 1. The zero-order valence-electron chi connectivity index (χ0n) is 16.0. The Bertz CT molecular complexity index is 765. The molecule has 0 radical (unpaired) electrons. The van der Waals surface area contributed by atoms with Gasteiger partial charge in [0, 0.05) is 51.4 Å². The standard InChI is InChI=1S/C18H27N7O2/c1-23-7-9-24(10-8-23)13-3-5-25(6-4-13)18-21-17(27-22-18)15-11-16(26-2)14(19)12-20-15/h11-13H,3-10,19H2,1-2H3. The number of anilines is 2. The molecule has 2 aliphatic rings. The molecule has 4 rings (SSSR count). The van der Waals surface area contributed by atoms with Crippen LogP contribution < -0.4 is 15.4 Å². The minimum Gasteiger partial charge on any atom is -0.494 e. The summed E-state index contributed by atoms with van der Waals surface area (Å²) in [5.41, 5.74) is 6.85. The van der Waals surface area contributed by atoms with E-state index in [1.807, 2.05) is 0 Å². The fraction of sp³-hybridized carbons (Fsp3) is 0.611. The Labute approximate surface area is 159 Å². The fourth-order valence-corrected chi connectivity index (χ4v) is 3.81. The van der Waals surface area contributed by atoms with Crippen LogP contribution >= 0.6 is 0 Å². The quantitative estimate of drug-likeness (QED) is 0.839. The summed E-state index contributed by atoms with van der Waals surface area (Å²) in [6, 6.07) is 2.37. The smallest absolute Gasteiger partial charge is 0.278 e. The SMILES string of the molecule is COc1cc(-c2nc(N3CCC(N4CCN(C)CC4)CC3)no2)ncc1N. The van der Waals surface area contributed by atoms with Crippen LogP contribution in [0.15, 0.2) is 16.8 Å². The molecule has 2 aliphatic heterocycles. The van der Waals surface area contributed by atoms with Crippen LogP contribution in [0, 0.1) is 0 Å². The van der Waals surface area contributed by atoms with E-state index in [2.05, 4.69) is 36.9 Å². The molecule has 0 saturated carbocycles. The topological polar surface area (TPSA) is 96.8 Å². The summed E-state index contributed by atoms with van der Waals surface area (Å²) in [5, 5.41) is 4.15. The molecule has 0 bridgehead atoms. The maximum atomic E-state index is 5.81. The van der Waals surface area contributed by atoms with Gasteiger partial charge in [0.1, 0.15) is 11.4 Å². The van der Waals surface area contributed by atoms with Gasteiger partial charge >= 0.3 is 0 Å². The maximum absolute atomic E-state index is 5.81. The van der Waals surface area contributed by atoms with E-state index in [0.29, 0.717) is 35.0 Å². The van der Waals surface area contributed by atoms with E-state index in [1.54, 1.807) is 19.4 Å². The van der Waals surface area contributed by atoms with E-state index in [4.69, 9.17) is 15.0 Å². The van der Waals surface area contributed by atoms with Gasteiger partial charge < -0.3 is 24.8 Å². The minimum absolute atomic E-state index is 0.379. The van der Waals surface area contributed by atoms with Crippen molar-refractivity contribution < 1.29 is 9.26 Å². The molecule has 9 heteroatoms. The molecule has 0 atom stereocenters. The molecule has 2 N–H and O–H groups in total. The van der Waals surface area contributed by atoms with Gasteiger partial charge in [-0.1, -0.05) is 0 Å². The van der Waals surface area contributed by atoms with Gasteiger partial charge in [0.25, 0.3) is 11.8 Å². The number of rotatable bonds is 4. The van der Waals surface area contributed by atoms with Crippen molar-refractivity contribution in [3.63, 3.8) is 0 Å². The van der Waals surface area contributed by atoms with Gasteiger partial charge in [-0.15, -0.1) is 0 Å². The van der Waals surface area contributed by atoms with Crippen molar-refractivity contribution in [1.29, 1.82) is 0 Å². The van der Waals surface area contributed by atoms with Crippen LogP contribution in [0.4, 0.5) is 11.6 Å². The largest absolute Gasteiger partial charge is 0.494 e. The van der Waals surface area contributed by atoms with E-state index in [0.717, 1.165) is 52.1 Å². The molecular formula is C18H27N7O2. The molecule has 0 amide bonds. The lowest BCUT2D eigenvalue weighted by Crippen LogP contribution is -2.52. The summed E-state index contributed by atoms with van der Waals surface area (Å²) < 4.78 is 10.7. The summed E-state index contributed by atoms with van der Waals surface area (Å²) in [6.07, 6.45) is 3.79. The summed E-state index contributed by atoms with van der Waals surface area (Å²) in [4.78, 5) is 16.0. The van der Waals surface area contributed by atoms with Crippen LogP contribution in [0.5, 0.6) is 5.75 Å². The Morgan fingerprint density at radius 3 is 2.59 bits per heavy atom. The molecule has 0 aromatic carbocycles. The number of aromatic nitrogens is 3. The Kier molecular flexibility index (Phi) is 5.13. The second-order valence-electron chi connectivity index (χ2n) is 7.27. The number of hydrogen-bond acceptors (Lipinski definition) is 9. The van der Waals surface area contributed by atoms with Crippen molar-refractivity contribution in [3.05, 3.63) is 12.3 Å². The number of ether oxygens (including phenoxy) is 1. The first kappa shape index (κ1) is 18.0. The molecule has 146 valence electrons. The number of piperazine rings is 1. The summed E-state index contributed by atoms with van der Waals surface area (Å²) >= 11 is 0. The molecule has 2 aromatic heterocycles. The van der Waals surface area contributed by atoms with E-state index < -0.39 is 0 Å². The van der Waals surface area contributed by atoms with Crippen molar-refractivity contribution in [2.45, 2.75) is 18.9 Å². The predicted octanol–water partition coefficient (Wildman–Crippen LogP) is 0.939. The van der Waals surface area contributed by atoms with Crippen LogP contribution in [-0.4, -0.2) is 84.4 Å². The van der Waals surface area contributed by atoms with Gasteiger partial charge in [-0.3, -0.25) is 4.90 Å². The number of nitrogen functional groups attached to an aromatic ring is 1. The van der Waals surface area contributed by atoms with Crippen LogP contribution in [0.3, 0.4) is 0 Å². The summed E-state index contributed by atoms with van der Waals surface area (Å²) in [6.45, 7) is 6.53. The van der Waals surface area contributed by atoms with Gasteiger partial charge in [-0.05, 0) is 25.0 Å². The van der Waals surface area contributed by atoms with Crippen LogP contribution in [0.2, 0.25) is 0 Å². The third-order valence-corrected chi connectivity index (χ3v) is 5.55. The van der Waals surface area contributed by atoms with E-state index >= 15 is 0 Å². The van der Waals surface area contributed by atoms with Crippen molar-refractivity contribution in [2.24, 2.45) is 0 Å². The minimum atomic E-state index is 0.379. The summed E-state index contributed by atoms with van der Waals surface area (Å²) in [5.74, 6) is 1.55. The third-order valence-electron chi connectivity index (χ3n) is 5.55. The highest BCUT2D eigenvalue weighted by atomic mass is 16.5. The molecule has 9 nitrogen and oxygen atoms in total. The lowest BCUT2D eigenvalue weighted by molar-refractivity contribution is 0.0980. The molecule has 27 heavy (non-hydrogen) atoms. The van der Waals surface area contributed by atoms with Crippen LogP contribution in [0.25, 0.3) is 11.6 Å². The highest BCUT2D eigenvalue weighted by molar-refractivity contribution is 5.60. The highest BCUT2D eigenvalue weighted by Gasteiger charge is 2.28. The number of pyridine rings is 1. The molecule has 2 aromatic rings. The Balaban J connectivity index is 1.38. The number of nitrogens with two attached hydrogens (primary N) is 1. The molecular weight excluding hydrogens is 346 g/mol. The van der Waals surface area contributed by atoms with Gasteiger partial charge in [0.15, 0.2) is 0 Å². The van der Waals surface area contributed by atoms with Gasteiger partial charge in [0.2, 0.25) is 0 Å². The zero-order valence-corrected chi connectivity index (χ0v) is 16.0. The van der Waals surface area contributed by atoms with Crippen molar-refractivity contribution in [3.8, 4) is 17.3 Å². The van der Waals surface area contributed by atoms with Crippen molar-refractivity contribution in [1.82, 2.24) is 24.9 Å². The second-order valence-corrected chi connectivity index (χ2v) is 7.27. The molecule has 2 saturated heterocycles. The first-order chi connectivity index (χ1) is 13.1. The first-order valence-corrected chi connectivity index (χ1v) is 9.45. The lowest BCUT2D eigenvalue weighted by atomic mass is 10.0. The van der Waals surface area contributed by atoms with Crippen molar-refractivity contribution in [2.75, 3.05) is 64.1 Å². The Morgan fingerprint density at radius 2 is 1.89 bits per heavy atom. The lowest BCUT2D eigenvalue weighted by Gasteiger charge is -2.41. The van der Waals surface area contributed by atoms with Gasteiger partial charge in [0.05, 0.1) is 19.0 Å². The third kappa shape index (κ3) is 3.84. The molecule has 0 spiro atoms. The number of nitrogens with zero attached hydrogens (tertiary/aromatic N) is 6. The molecule has 4 heterocycles. The average molecular weight is 373 g/mol. The van der Waals surface area contributed by atoms with E-state index in [-0.39, 0.29) is 0 Å². The maximum Gasteiger partial charge on any atom is 0.278 e. The number of likely N-dealkylation sites (N-methyl/N-ethyl adjacent to an activating group) is 1. The fourth-order valence-electron chi connectivity index (χ4n) is 3.81. The summed E-state index contributed by atoms with van der Waals surface area (Å²) in [7, 11) is 3.76. The Hall–Kier alpha value is -2.39. The van der Waals surface area contributed by atoms with Crippen LogP contribution in [-0.2, 0) is 0 Å². The van der Waals surface area contributed by atoms with Crippen LogP contribution in [0.1, 0.15) is 12.8 Å². The normalized spacial score (nSPS) is 20.1. The Morgan fingerprint density at radius 1 is 1.15 bits per heavy atom. The molecule has 0 aliphatic carbocycles. The van der Waals surface area contributed by atoms with E-state index in [9.17, 15) is 0 Å². The monoisotopic (exact) mass is 373 g/mol. The second kappa shape index (κ2) is 7.69. The number of piperidine rings is 1. The van der Waals surface area contributed by atoms with E-state index in [1.165, 1.54) is 0 Å². The number of methoxy groups -OCH3 is 1. The zero-order chi connectivity index (χ0) is 18.8. The molecule has 2 fully saturated rings. The highest BCUT2D eigenvalue weighted by Crippen LogP contribution is 2.27. The van der Waals surface area contributed by atoms with Gasteiger partial charge in [-0.2, -0.15) is 4.98 Å².